The summed E-state index contributed by atoms with van der Waals surface area (Å²) < 4.78 is 24.3. The summed E-state index contributed by atoms with van der Waals surface area (Å²) in [7, 11) is 0. The molecule has 2 heterocycles. The lowest BCUT2D eigenvalue weighted by molar-refractivity contribution is 0.174. The summed E-state index contributed by atoms with van der Waals surface area (Å²) in [5, 5.41) is 4.19. The van der Waals surface area contributed by atoms with Crippen LogP contribution in [0.25, 0.3) is 22.0 Å². The summed E-state index contributed by atoms with van der Waals surface area (Å²) >= 11 is 0. The minimum absolute atomic E-state index is 0.249. The monoisotopic (exact) mass is 373 g/mol. The van der Waals surface area contributed by atoms with Crippen molar-refractivity contribution in [1.29, 1.82) is 0 Å². The van der Waals surface area contributed by atoms with Crippen molar-refractivity contribution in [2.75, 3.05) is 12.1 Å². The molecule has 28 heavy (non-hydrogen) atoms. The molecule has 3 aromatic carbocycles. The maximum Gasteiger partial charge on any atom is 0.231 e. The first-order chi connectivity index (χ1) is 13.8. The van der Waals surface area contributed by atoms with E-state index >= 15 is 0 Å². The first kappa shape index (κ1) is 16.5. The molecule has 138 valence electrons. The number of benzene rings is 3. The molecule has 0 saturated carbocycles. The average Bonchev–Trinajstić information content (AvgIpc) is 3.20. The fourth-order valence-electron chi connectivity index (χ4n) is 3.29. The Labute approximate surface area is 160 Å². The van der Waals surface area contributed by atoms with Gasteiger partial charge in [-0.2, -0.15) is 0 Å². The summed E-state index contributed by atoms with van der Waals surface area (Å²) in [6, 6.07) is 18.4. The van der Waals surface area contributed by atoms with Crippen molar-refractivity contribution in [3.05, 3.63) is 78.4 Å². The van der Waals surface area contributed by atoms with E-state index in [1.807, 2.05) is 42.5 Å². The predicted molar refractivity (Wildman–Crippen MR) is 105 cm³/mol. The van der Waals surface area contributed by atoms with Crippen molar-refractivity contribution in [1.82, 2.24) is 9.97 Å². The summed E-state index contributed by atoms with van der Waals surface area (Å²) in [4.78, 5) is 8.72. The van der Waals surface area contributed by atoms with E-state index in [-0.39, 0.29) is 12.6 Å². The van der Waals surface area contributed by atoms with Gasteiger partial charge in [-0.1, -0.05) is 24.3 Å². The molecule has 6 heteroatoms. The van der Waals surface area contributed by atoms with Gasteiger partial charge in [-0.15, -0.1) is 0 Å². The second kappa shape index (κ2) is 6.81. The molecule has 0 spiro atoms. The molecule has 0 fully saturated rings. The van der Waals surface area contributed by atoms with Crippen LogP contribution in [0.2, 0.25) is 0 Å². The average molecular weight is 373 g/mol. The SMILES string of the molecule is Fc1cccc(CNc2ncnc3ccc(-c4ccc5c(c4)OCO5)cc23)c1. The quantitative estimate of drug-likeness (QED) is 0.558. The molecule has 0 bridgehead atoms. The zero-order valence-corrected chi connectivity index (χ0v) is 14.9. The zero-order chi connectivity index (χ0) is 18.9. The molecule has 1 aromatic heterocycles. The molecule has 1 aliphatic rings. The second-order valence-electron chi connectivity index (χ2n) is 6.51. The number of halogens is 1. The summed E-state index contributed by atoms with van der Waals surface area (Å²) in [5.74, 6) is 1.95. The molecule has 4 aromatic rings. The topological polar surface area (TPSA) is 56.3 Å². The van der Waals surface area contributed by atoms with Crippen LogP contribution in [0.4, 0.5) is 10.2 Å². The van der Waals surface area contributed by atoms with Gasteiger partial charge in [0.15, 0.2) is 11.5 Å². The first-order valence-electron chi connectivity index (χ1n) is 8.89. The van der Waals surface area contributed by atoms with Gasteiger partial charge < -0.3 is 14.8 Å². The van der Waals surface area contributed by atoms with Crippen LogP contribution in [0.1, 0.15) is 5.56 Å². The van der Waals surface area contributed by atoms with Crippen molar-refractivity contribution >= 4 is 16.7 Å². The van der Waals surface area contributed by atoms with Crippen LogP contribution >= 0.6 is 0 Å². The lowest BCUT2D eigenvalue weighted by Gasteiger charge is -2.10. The number of rotatable bonds is 4. The third-order valence-electron chi connectivity index (χ3n) is 4.69. The van der Waals surface area contributed by atoms with Crippen molar-refractivity contribution in [2.24, 2.45) is 0 Å². The van der Waals surface area contributed by atoms with E-state index < -0.39 is 0 Å². The Morgan fingerprint density at radius 1 is 0.893 bits per heavy atom. The number of ether oxygens (including phenoxy) is 2. The van der Waals surface area contributed by atoms with Crippen LogP contribution in [-0.4, -0.2) is 16.8 Å². The molecule has 0 atom stereocenters. The Balaban J connectivity index is 1.49. The highest BCUT2D eigenvalue weighted by molar-refractivity contribution is 5.92. The summed E-state index contributed by atoms with van der Waals surface area (Å²) in [5.41, 5.74) is 3.72. The molecule has 0 amide bonds. The number of aromatic nitrogens is 2. The van der Waals surface area contributed by atoms with E-state index in [1.165, 1.54) is 18.5 Å². The van der Waals surface area contributed by atoms with Crippen LogP contribution in [0, 0.1) is 5.82 Å². The first-order valence-corrected chi connectivity index (χ1v) is 8.89. The third-order valence-corrected chi connectivity index (χ3v) is 4.69. The number of hydrogen-bond donors (Lipinski definition) is 1. The lowest BCUT2D eigenvalue weighted by Crippen LogP contribution is -2.03. The van der Waals surface area contributed by atoms with Gasteiger partial charge in [0.25, 0.3) is 0 Å². The van der Waals surface area contributed by atoms with Gasteiger partial charge in [0.05, 0.1) is 5.52 Å². The molecule has 0 unspecified atom stereocenters. The van der Waals surface area contributed by atoms with Crippen LogP contribution in [0.3, 0.4) is 0 Å². The van der Waals surface area contributed by atoms with E-state index in [4.69, 9.17) is 9.47 Å². The minimum Gasteiger partial charge on any atom is -0.454 e. The molecule has 1 N–H and O–H groups in total. The minimum atomic E-state index is -0.253. The highest BCUT2D eigenvalue weighted by Gasteiger charge is 2.14. The maximum absolute atomic E-state index is 13.4. The van der Waals surface area contributed by atoms with Crippen LogP contribution in [-0.2, 0) is 6.54 Å². The Morgan fingerprint density at radius 3 is 2.68 bits per heavy atom. The van der Waals surface area contributed by atoms with Gasteiger partial charge in [-0.05, 0) is 53.1 Å². The third kappa shape index (κ3) is 3.09. The van der Waals surface area contributed by atoms with Gasteiger partial charge in [0.1, 0.15) is 18.0 Å². The van der Waals surface area contributed by atoms with Crippen LogP contribution in [0.5, 0.6) is 11.5 Å². The fraction of sp³-hybridized carbons (Fsp3) is 0.0909. The van der Waals surface area contributed by atoms with Crippen molar-refractivity contribution in [3.63, 3.8) is 0 Å². The summed E-state index contributed by atoms with van der Waals surface area (Å²) in [6.45, 7) is 0.719. The second-order valence-corrected chi connectivity index (χ2v) is 6.51. The predicted octanol–water partition coefficient (Wildman–Crippen LogP) is 4.78. The molecule has 1 aliphatic heterocycles. The largest absolute Gasteiger partial charge is 0.454 e. The van der Waals surface area contributed by atoms with Crippen molar-refractivity contribution < 1.29 is 13.9 Å². The Bertz CT molecular complexity index is 1180. The Kier molecular flexibility index (Phi) is 4.01. The number of nitrogens with one attached hydrogen (secondary N) is 1. The van der Waals surface area contributed by atoms with Crippen molar-refractivity contribution in [2.45, 2.75) is 6.54 Å². The number of hydrogen-bond acceptors (Lipinski definition) is 5. The van der Waals surface area contributed by atoms with E-state index in [0.29, 0.717) is 12.4 Å². The molecular formula is C22H16FN3O2. The molecule has 0 aliphatic carbocycles. The van der Waals surface area contributed by atoms with Gasteiger partial charge in [0.2, 0.25) is 6.79 Å². The summed E-state index contributed by atoms with van der Waals surface area (Å²) in [6.07, 6.45) is 1.52. The number of fused-ring (bicyclic) bond motifs is 2. The number of nitrogens with zero attached hydrogens (tertiary/aromatic N) is 2. The Morgan fingerprint density at radius 2 is 1.75 bits per heavy atom. The van der Waals surface area contributed by atoms with Crippen LogP contribution in [0.15, 0.2) is 67.0 Å². The molecule has 5 rings (SSSR count). The van der Waals surface area contributed by atoms with Gasteiger partial charge in [0, 0.05) is 11.9 Å². The van der Waals surface area contributed by atoms with E-state index in [0.717, 1.165) is 39.1 Å². The standard InChI is InChI=1S/C22H16FN3O2/c23-17-3-1-2-14(8-17)11-24-22-18-9-15(4-6-19(18)25-12-26-22)16-5-7-20-21(10-16)28-13-27-20/h1-10,12H,11,13H2,(H,24,25,26). The van der Waals surface area contributed by atoms with Gasteiger partial charge >= 0.3 is 0 Å². The molecule has 5 nitrogen and oxygen atoms in total. The zero-order valence-electron chi connectivity index (χ0n) is 14.9. The normalized spacial score (nSPS) is 12.3. The van der Waals surface area contributed by atoms with Crippen LogP contribution < -0.4 is 14.8 Å². The van der Waals surface area contributed by atoms with Crippen molar-refractivity contribution in [3.8, 4) is 22.6 Å². The molecule has 0 radical (unpaired) electrons. The van der Waals surface area contributed by atoms with E-state index in [1.54, 1.807) is 6.07 Å². The van der Waals surface area contributed by atoms with E-state index in [9.17, 15) is 4.39 Å². The van der Waals surface area contributed by atoms with E-state index in [2.05, 4.69) is 15.3 Å². The maximum atomic E-state index is 13.4. The fourth-order valence-corrected chi connectivity index (χ4v) is 3.29. The molecule has 0 saturated heterocycles. The van der Waals surface area contributed by atoms with Gasteiger partial charge in [-0.25, -0.2) is 14.4 Å². The number of anilines is 1. The lowest BCUT2D eigenvalue weighted by atomic mass is 10.0. The Hall–Kier alpha value is -3.67. The van der Waals surface area contributed by atoms with Gasteiger partial charge in [-0.3, -0.25) is 0 Å². The highest BCUT2D eigenvalue weighted by Crippen LogP contribution is 2.36. The highest BCUT2D eigenvalue weighted by atomic mass is 19.1. The smallest absolute Gasteiger partial charge is 0.231 e. The molecular weight excluding hydrogens is 357 g/mol.